The van der Waals surface area contributed by atoms with Gasteiger partial charge in [0, 0.05) is 16.6 Å². The second-order valence-electron chi connectivity index (χ2n) is 5.58. The first-order valence-electron chi connectivity index (χ1n) is 8.20. The van der Waals surface area contributed by atoms with Crippen molar-refractivity contribution in [3.63, 3.8) is 0 Å². The van der Waals surface area contributed by atoms with Crippen LogP contribution in [0.3, 0.4) is 0 Å². The van der Waals surface area contributed by atoms with Gasteiger partial charge in [-0.3, -0.25) is 0 Å². The molecule has 134 valence electrons. The van der Waals surface area contributed by atoms with E-state index in [-0.39, 0.29) is 11.8 Å². The van der Waals surface area contributed by atoms with E-state index in [0.717, 1.165) is 16.6 Å². The number of nitrogens with zero attached hydrogens (tertiary/aromatic N) is 1. The summed E-state index contributed by atoms with van der Waals surface area (Å²) in [5, 5.41) is 16.6. The van der Waals surface area contributed by atoms with Gasteiger partial charge in [0.05, 0.1) is 19.7 Å². The smallest absolute Gasteiger partial charge is 0.192 e. The third-order valence-electron chi connectivity index (χ3n) is 3.76. The van der Waals surface area contributed by atoms with Crippen LogP contribution in [0.2, 0.25) is 0 Å². The molecule has 0 bridgehead atoms. The van der Waals surface area contributed by atoms with E-state index < -0.39 is 0 Å². The Hall–Kier alpha value is -2.21. The highest BCUT2D eigenvalue weighted by atomic mass is 79.9. The summed E-state index contributed by atoms with van der Waals surface area (Å²) < 4.78 is 6.26. The van der Waals surface area contributed by atoms with Crippen molar-refractivity contribution in [2.45, 2.75) is 26.4 Å². The minimum absolute atomic E-state index is 0.0762. The van der Waals surface area contributed by atoms with Crippen molar-refractivity contribution in [1.29, 1.82) is 0 Å². The number of ether oxygens (including phenoxy) is 1. The number of hydrogen-bond acceptors (Lipinski definition) is 3. The highest BCUT2D eigenvalue weighted by molar-refractivity contribution is 9.10. The van der Waals surface area contributed by atoms with Gasteiger partial charge in [0.2, 0.25) is 0 Å². The number of aromatic hydroxyl groups is 1. The Labute approximate surface area is 157 Å². The Morgan fingerprint density at radius 2 is 2.04 bits per heavy atom. The quantitative estimate of drug-likeness (QED) is 0.502. The van der Waals surface area contributed by atoms with Crippen molar-refractivity contribution < 1.29 is 9.84 Å². The van der Waals surface area contributed by atoms with Crippen molar-refractivity contribution in [2.24, 2.45) is 4.99 Å². The molecule has 0 heterocycles. The van der Waals surface area contributed by atoms with E-state index >= 15 is 0 Å². The third kappa shape index (κ3) is 5.39. The summed E-state index contributed by atoms with van der Waals surface area (Å²) in [6.07, 6.45) is 0. The van der Waals surface area contributed by atoms with Crippen LogP contribution in [0, 0.1) is 0 Å². The van der Waals surface area contributed by atoms with Crippen molar-refractivity contribution >= 4 is 21.9 Å². The van der Waals surface area contributed by atoms with Crippen LogP contribution in [-0.4, -0.2) is 24.7 Å². The van der Waals surface area contributed by atoms with Crippen molar-refractivity contribution in [1.82, 2.24) is 10.6 Å². The van der Waals surface area contributed by atoms with E-state index in [2.05, 4.69) is 44.5 Å². The maximum absolute atomic E-state index is 10.00. The summed E-state index contributed by atoms with van der Waals surface area (Å²) in [4.78, 5) is 4.58. The number of guanidine groups is 1. The first-order chi connectivity index (χ1) is 12.0. The number of aliphatic imine (C=N–C) groups is 1. The van der Waals surface area contributed by atoms with E-state index in [9.17, 15) is 5.11 Å². The Morgan fingerprint density at radius 1 is 1.28 bits per heavy atom. The second kappa shape index (κ2) is 9.32. The number of phenols is 1. The number of benzene rings is 2. The summed E-state index contributed by atoms with van der Waals surface area (Å²) in [7, 11) is 1.60. The lowest BCUT2D eigenvalue weighted by Gasteiger charge is -2.19. The molecule has 1 atom stereocenters. The van der Waals surface area contributed by atoms with Gasteiger partial charge in [-0.05, 0) is 43.7 Å². The molecule has 0 aliphatic carbocycles. The minimum Gasteiger partial charge on any atom is -0.508 e. The van der Waals surface area contributed by atoms with Gasteiger partial charge in [0.15, 0.2) is 5.96 Å². The fourth-order valence-electron chi connectivity index (χ4n) is 2.41. The number of halogens is 1. The Morgan fingerprint density at radius 3 is 2.72 bits per heavy atom. The molecule has 25 heavy (non-hydrogen) atoms. The molecule has 0 aromatic heterocycles. The first-order valence-corrected chi connectivity index (χ1v) is 8.99. The molecule has 2 aromatic carbocycles. The zero-order chi connectivity index (χ0) is 18.2. The Kier molecular flexibility index (Phi) is 7.13. The van der Waals surface area contributed by atoms with Gasteiger partial charge in [-0.15, -0.1) is 0 Å². The predicted octanol–water partition coefficient (Wildman–Crippen LogP) is 3.98. The molecule has 0 spiro atoms. The topological polar surface area (TPSA) is 65.9 Å². The minimum atomic E-state index is 0.0762. The van der Waals surface area contributed by atoms with Crippen LogP contribution < -0.4 is 15.4 Å². The molecule has 0 aliphatic heterocycles. The molecule has 0 saturated heterocycles. The van der Waals surface area contributed by atoms with E-state index in [0.29, 0.717) is 23.8 Å². The molecule has 0 radical (unpaired) electrons. The zero-order valence-corrected chi connectivity index (χ0v) is 16.3. The summed E-state index contributed by atoms with van der Waals surface area (Å²) in [5.74, 6) is 1.59. The molecule has 1 unspecified atom stereocenters. The van der Waals surface area contributed by atoms with Gasteiger partial charge < -0.3 is 20.5 Å². The number of rotatable bonds is 6. The third-order valence-corrected chi connectivity index (χ3v) is 4.49. The molecule has 5 nitrogen and oxygen atoms in total. The summed E-state index contributed by atoms with van der Waals surface area (Å²) in [6, 6.07) is 13.3. The Balaban J connectivity index is 2.14. The molecule has 0 saturated carbocycles. The van der Waals surface area contributed by atoms with Crippen molar-refractivity contribution in [2.75, 3.05) is 13.7 Å². The lowest BCUT2D eigenvalue weighted by atomic mass is 10.1. The average molecular weight is 406 g/mol. The van der Waals surface area contributed by atoms with Crippen molar-refractivity contribution in [3.05, 3.63) is 58.1 Å². The monoisotopic (exact) mass is 405 g/mol. The van der Waals surface area contributed by atoms with Crippen molar-refractivity contribution in [3.8, 4) is 11.5 Å². The lowest BCUT2D eigenvalue weighted by Crippen LogP contribution is -2.38. The number of phenolic OH excluding ortho intramolecular Hbond substituents is 1. The van der Waals surface area contributed by atoms with E-state index in [1.807, 2.05) is 25.1 Å². The zero-order valence-electron chi connectivity index (χ0n) is 14.7. The van der Waals surface area contributed by atoms with Gasteiger partial charge in [-0.25, -0.2) is 4.99 Å². The van der Waals surface area contributed by atoms with Gasteiger partial charge in [-0.2, -0.15) is 0 Å². The number of hydrogen-bond donors (Lipinski definition) is 3. The highest BCUT2D eigenvalue weighted by Gasteiger charge is 2.11. The molecule has 2 rings (SSSR count). The van der Waals surface area contributed by atoms with Crippen LogP contribution in [0.4, 0.5) is 0 Å². The van der Waals surface area contributed by atoms with E-state index in [1.54, 1.807) is 25.3 Å². The highest BCUT2D eigenvalue weighted by Crippen LogP contribution is 2.24. The molecule has 3 N–H and O–H groups in total. The fourth-order valence-corrected chi connectivity index (χ4v) is 3.04. The average Bonchev–Trinajstić information content (AvgIpc) is 2.61. The molecule has 0 aliphatic rings. The molecule has 0 fully saturated rings. The van der Waals surface area contributed by atoms with Gasteiger partial charge in [-0.1, -0.05) is 34.1 Å². The van der Waals surface area contributed by atoms with Crippen LogP contribution in [0.15, 0.2) is 51.9 Å². The van der Waals surface area contributed by atoms with Gasteiger partial charge in [0.25, 0.3) is 0 Å². The predicted molar refractivity (Wildman–Crippen MR) is 105 cm³/mol. The molecule has 6 heteroatoms. The first kappa shape index (κ1) is 19.1. The summed E-state index contributed by atoms with van der Waals surface area (Å²) in [6.45, 7) is 5.19. The largest absolute Gasteiger partial charge is 0.508 e. The number of methoxy groups -OCH3 is 1. The summed E-state index contributed by atoms with van der Waals surface area (Å²) in [5.41, 5.74) is 1.86. The molecule has 0 amide bonds. The maximum atomic E-state index is 10.00. The lowest BCUT2D eigenvalue weighted by molar-refractivity contribution is 0.411. The maximum Gasteiger partial charge on any atom is 0.192 e. The SMILES string of the molecule is CCNC(=NCc1cc(OC)ccc1O)NC(C)c1ccccc1Br. The number of nitrogens with one attached hydrogen (secondary N) is 2. The van der Waals surface area contributed by atoms with E-state index in [4.69, 9.17) is 4.74 Å². The Bertz CT molecular complexity index is 734. The van der Waals surface area contributed by atoms with Crippen LogP contribution in [-0.2, 0) is 6.54 Å². The standard InChI is InChI=1S/C19H24BrN3O2/c1-4-21-19(23-13(2)16-7-5-6-8-17(16)20)22-12-14-11-15(25-3)9-10-18(14)24/h5-11,13,24H,4,12H2,1-3H3,(H2,21,22,23). The van der Waals surface area contributed by atoms with Gasteiger partial charge in [0.1, 0.15) is 11.5 Å². The molecule has 2 aromatic rings. The van der Waals surface area contributed by atoms with Crippen LogP contribution >= 0.6 is 15.9 Å². The normalized spacial score (nSPS) is 12.6. The summed E-state index contributed by atoms with van der Waals surface area (Å²) >= 11 is 3.58. The van der Waals surface area contributed by atoms with E-state index in [1.165, 1.54) is 0 Å². The van der Waals surface area contributed by atoms with Crippen LogP contribution in [0.1, 0.15) is 31.0 Å². The molecular weight excluding hydrogens is 382 g/mol. The molecular formula is C19H24BrN3O2. The van der Waals surface area contributed by atoms with Crippen LogP contribution in [0.25, 0.3) is 0 Å². The fraction of sp³-hybridized carbons (Fsp3) is 0.316. The second-order valence-corrected chi connectivity index (χ2v) is 6.43. The van der Waals surface area contributed by atoms with Gasteiger partial charge >= 0.3 is 0 Å². The van der Waals surface area contributed by atoms with Crippen LogP contribution in [0.5, 0.6) is 11.5 Å².